The number of nitrogens with zero attached hydrogens (tertiary/aromatic N) is 2. The van der Waals surface area contributed by atoms with Crippen molar-refractivity contribution in [3.8, 4) is 0 Å². The topological polar surface area (TPSA) is 78.9 Å². The van der Waals surface area contributed by atoms with Crippen LogP contribution in [0.4, 0.5) is 0 Å². The highest BCUT2D eigenvalue weighted by Crippen LogP contribution is 2.18. The Labute approximate surface area is 80.9 Å². The zero-order valence-electron chi connectivity index (χ0n) is 6.28. The van der Waals surface area contributed by atoms with Gasteiger partial charge in [-0.15, -0.1) is 0 Å². The molecule has 5 nitrogen and oxygen atoms in total. The molecule has 66 valence electrons. The fourth-order valence-electron chi connectivity index (χ4n) is 1.07. The maximum Gasteiger partial charge on any atom is 0.336 e. The summed E-state index contributed by atoms with van der Waals surface area (Å²) in [6.07, 6.45) is 1.44. The summed E-state index contributed by atoms with van der Waals surface area (Å²) in [5.74, 6) is -0.991. The van der Waals surface area contributed by atoms with Gasteiger partial charge in [-0.25, -0.2) is 9.78 Å². The summed E-state index contributed by atoms with van der Waals surface area (Å²) in [7, 11) is 0. The van der Waals surface area contributed by atoms with E-state index in [1.165, 1.54) is 12.3 Å². The summed E-state index contributed by atoms with van der Waals surface area (Å²) in [5.41, 5.74) is 0.650. The zero-order chi connectivity index (χ0) is 9.42. The Morgan fingerprint density at radius 3 is 3.08 bits per heavy atom. The van der Waals surface area contributed by atoms with Gasteiger partial charge in [0.1, 0.15) is 4.60 Å². The number of rotatable bonds is 1. The van der Waals surface area contributed by atoms with Crippen LogP contribution in [0.2, 0.25) is 0 Å². The second kappa shape index (κ2) is 2.81. The molecule has 0 saturated carbocycles. The molecule has 2 aromatic rings. The van der Waals surface area contributed by atoms with Crippen LogP contribution in [0.15, 0.2) is 16.9 Å². The van der Waals surface area contributed by atoms with E-state index in [9.17, 15) is 4.79 Å². The summed E-state index contributed by atoms with van der Waals surface area (Å²) in [5, 5.41) is 15.7. The van der Waals surface area contributed by atoms with Crippen molar-refractivity contribution in [1.29, 1.82) is 0 Å². The van der Waals surface area contributed by atoms with Gasteiger partial charge in [0.25, 0.3) is 0 Å². The Bertz CT molecular complexity index is 480. The summed E-state index contributed by atoms with van der Waals surface area (Å²) < 4.78 is 0.474. The Morgan fingerprint density at radius 2 is 2.38 bits per heavy atom. The molecule has 2 heterocycles. The van der Waals surface area contributed by atoms with Crippen LogP contribution in [0, 0.1) is 0 Å². The summed E-state index contributed by atoms with van der Waals surface area (Å²) >= 11 is 3.11. The summed E-state index contributed by atoms with van der Waals surface area (Å²) in [4.78, 5) is 14.8. The molecule has 0 saturated heterocycles. The van der Waals surface area contributed by atoms with Crippen molar-refractivity contribution in [3.63, 3.8) is 0 Å². The summed E-state index contributed by atoms with van der Waals surface area (Å²) in [6.45, 7) is 0. The normalized spacial score (nSPS) is 10.5. The lowest BCUT2D eigenvalue weighted by Gasteiger charge is -1.96. The molecule has 6 heteroatoms. The fraction of sp³-hybridized carbons (Fsp3) is 0. The third-order valence-electron chi connectivity index (χ3n) is 1.62. The quantitative estimate of drug-likeness (QED) is 0.741. The van der Waals surface area contributed by atoms with Crippen LogP contribution in [0.5, 0.6) is 0 Å². The van der Waals surface area contributed by atoms with Gasteiger partial charge in [0, 0.05) is 0 Å². The van der Waals surface area contributed by atoms with Crippen LogP contribution in [-0.2, 0) is 0 Å². The molecule has 0 aliphatic carbocycles. The molecule has 0 amide bonds. The van der Waals surface area contributed by atoms with E-state index in [0.717, 1.165) is 0 Å². The number of carboxylic acids is 1. The first-order chi connectivity index (χ1) is 6.18. The Morgan fingerprint density at radius 1 is 1.62 bits per heavy atom. The van der Waals surface area contributed by atoms with Gasteiger partial charge in [-0.05, 0) is 22.0 Å². The lowest BCUT2D eigenvalue weighted by atomic mass is 10.2. The smallest absolute Gasteiger partial charge is 0.336 e. The molecule has 0 bridgehead atoms. The van der Waals surface area contributed by atoms with Gasteiger partial charge < -0.3 is 5.11 Å². The predicted molar refractivity (Wildman–Crippen MR) is 48.5 cm³/mol. The first-order valence-corrected chi connectivity index (χ1v) is 4.20. The number of carbonyl (C=O) groups is 1. The minimum Gasteiger partial charge on any atom is -0.478 e. The van der Waals surface area contributed by atoms with Crippen molar-refractivity contribution < 1.29 is 9.90 Å². The zero-order valence-corrected chi connectivity index (χ0v) is 7.87. The van der Waals surface area contributed by atoms with Crippen LogP contribution in [0.25, 0.3) is 11.0 Å². The van der Waals surface area contributed by atoms with Gasteiger partial charge in [0.05, 0.1) is 17.1 Å². The number of hydrogen-bond donors (Lipinski definition) is 2. The SMILES string of the molecule is O=C(O)c1cc(Br)nc2[nH]ncc12. The van der Waals surface area contributed by atoms with E-state index in [1.54, 1.807) is 0 Å². The predicted octanol–water partition coefficient (Wildman–Crippen LogP) is 1.42. The third kappa shape index (κ3) is 1.29. The fourth-order valence-corrected chi connectivity index (χ4v) is 1.48. The number of aromatic amines is 1. The van der Waals surface area contributed by atoms with Gasteiger partial charge in [-0.1, -0.05) is 0 Å². The number of halogens is 1. The molecule has 0 aliphatic heterocycles. The highest BCUT2D eigenvalue weighted by Gasteiger charge is 2.11. The van der Waals surface area contributed by atoms with Crippen molar-refractivity contribution in [2.24, 2.45) is 0 Å². The van der Waals surface area contributed by atoms with Crippen molar-refractivity contribution in [2.45, 2.75) is 0 Å². The molecular weight excluding hydrogens is 238 g/mol. The van der Waals surface area contributed by atoms with E-state index in [1.807, 2.05) is 0 Å². The van der Waals surface area contributed by atoms with Crippen LogP contribution >= 0.6 is 15.9 Å². The third-order valence-corrected chi connectivity index (χ3v) is 2.03. The van der Waals surface area contributed by atoms with Crippen LogP contribution in [0.3, 0.4) is 0 Å². The second-order valence-electron chi connectivity index (χ2n) is 2.43. The maximum atomic E-state index is 10.8. The van der Waals surface area contributed by atoms with E-state index in [-0.39, 0.29) is 5.56 Å². The largest absolute Gasteiger partial charge is 0.478 e. The monoisotopic (exact) mass is 241 g/mol. The van der Waals surface area contributed by atoms with Crippen LogP contribution in [-0.4, -0.2) is 26.3 Å². The van der Waals surface area contributed by atoms with E-state index >= 15 is 0 Å². The first kappa shape index (κ1) is 8.18. The maximum absolute atomic E-state index is 10.8. The van der Waals surface area contributed by atoms with Gasteiger partial charge in [-0.2, -0.15) is 5.10 Å². The minimum atomic E-state index is -0.991. The van der Waals surface area contributed by atoms with Crippen molar-refractivity contribution in [2.75, 3.05) is 0 Å². The van der Waals surface area contributed by atoms with Gasteiger partial charge in [0.15, 0.2) is 5.65 Å². The average molecular weight is 242 g/mol. The van der Waals surface area contributed by atoms with E-state index in [0.29, 0.717) is 15.6 Å². The lowest BCUT2D eigenvalue weighted by molar-refractivity contribution is 0.0699. The average Bonchev–Trinajstić information content (AvgIpc) is 2.49. The Hall–Kier alpha value is -1.43. The van der Waals surface area contributed by atoms with Crippen LogP contribution < -0.4 is 0 Å². The van der Waals surface area contributed by atoms with Gasteiger partial charge in [0.2, 0.25) is 0 Å². The number of aromatic carboxylic acids is 1. The highest BCUT2D eigenvalue weighted by molar-refractivity contribution is 9.10. The highest BCUT2D eigenvalue weighted by atomic mass is 79.9. The number of hydrogen-bond acceptors (Lipinski definition) is 3. The van der Waals surface area contributed by atoms with Crippen molar-refractivity contribution in [3.05, 3.63) is 22.4 Å². The molecule has 0 spiro atoms. The first-order valence-electron chi connectivity index (χ1n) is 3.41. The number of carboxylic acid groups (broad SMARTS) is 1. The van der Waals surface area contributed by atoms with Crippen LogP contribution in [0.1, 0.15) is 10.4 Å². The van der Waals surface area contributed by atoms with E-state index < -0.39 is 5.97 Å². The molecule has 0 fully saturated rings. The Kier molecular flexibility index (Phi) is 1.77. The van der Waals surface area contributed by atoms with E-state index in [2.05, 4.69) is 31.1 Å². The standard InChI is InChI=1S/C7H4BrN3O2/c8-5-1-3(7(12)13)4-2-9-11-6(4)10-5/h1-2H,(H,12,13)(H,9,10,11). The summed E-state index contributed by atoms with van der Waals surface area (Å²) in [6, 6.07) is 1.44. The molecule has 0 aliphatic rings. The second-order valence-corrected chi connectivity index (χ2v) is 3.24. The van der Waals surface area contributed by atoms with Gasteiger partial charge in [-0.3, -0.25) is 5.10 Å². The Balaban J connectivity index is 2.84. The number of pyridine rings is 1. The molecule has 0 atom stereocenters. The van der Waals surface area contributed by atoms with Crippen molar-refractivity contribution >= 4 is 32.9 Å². The molecule has 0 unspecified atom stereocenters. The lowest BCUT2D eigenvalue weighted by Crippen LogP contribution is -1.97. The molecule has 2 N–H and O–H groups in total. The molecular formula is C7H4BrN3O2. The molecule has 13 heavy (non-hydrogen) atoms. The molecule has 0 aromatic carbocycles. The minimum absolute atomic E-state index is 0.186. The molecule has 0 radical (unpaired) electrons. The molecule has 2 rings (SSSR count). The van der Waals surface area contributed by atoms with Gasteiger partial charge >= 0.3 is 5.97 Å². The molecule has 2 aromatic heterocycles. The van der Waals surface area contributed by atoms with E-state index in [4.69, 9.17) is 5.11 Å². The number of aromatic nitrogens is 3. The number of fused-ring (bicyclic) bond motifs is 1. The number of H-pyrrole nitrogens is 1. The number of nitrogens with one attached hydrogen (secondary N) is 1. The van der Waals surface area contributed by atoms with Crippen molar-refractivity contribution in [1.82, 2.24) is 15.2 Å².